The molecule has 0 aliphatic heterocycles. The van der Waals surface area contributed by atoms with E-state index in [1.807, 2.05) is 30.3 Å². The molecule has 2 nitrogen and oxygen atoms in total. The molecule has 1 atom stereocenters. The lowest BCUT2D eigenvalue weighted by atomic mass is 10.0. The Morgan fingerprint density at radius 3 is 2.60 bits per heavy atom. The Bertz CT molecular complexity index is 548. The normalized spacial score (nSPS) is 15.8. The average molecular weight is 267 g/mol. The lowest BCUT2D eigenvalue weighted by Crippen LogP contribution is -2.11. The summed E-state index contributed by atoms with van der Waals surface area (Å²) < 4.78 is 5.85. The van der Waals surface area contributed by atoms with E-state index in [1.54, 1.807) is 0 Å². The Balaban J connectivity index is 1.61. The summed E-state index contributed by atoms with van der Waals surface area (Å²) in [4.78, 5) is 0. The fourth-order valence-corrected chi connectivity index (χ4v) is 2.42. The highest BCUT2D eigenvalue weighted by Crippen LogP contribution is 2.37. The Labute approximate surface area is 120 Å². The van der Waals surface area contributed by atoms with Gasteiger partial charge in [-0.3, -0.25) is 0 Å². The molecule has 0 amide bonds. The summed E-state index contributed by atoms with van der Waals surface area (Å²) in [6.07, 6.45) is 3.79. The van der Waals surface area contributed by atoms with Gasteiger partial charge in [0, 0.05) is 6.04 Å². The molecule has 1 aliphatic carbocycles. The Kier molecular flexibility index (Phi) is 4.03. The number of rotatable bonds is 6. The van der Waals surface area contributed by atoms with Gasteiger partial charge in [0.05, 0.1) is 0 Å². The molecule has 1 saturated carbocycles. The number of benzene rings is 2. The van der Waals surface area contributed by atoms with Crippen LogP contribution in [-0.2, 0) is 6.61 Å². The first-order valence-corrected chi connectivity index (χ1v) is 7.33. The highest BCUT2D eigenvalue weighted by Gasteiger charge is 2.24. The summed E-state index contributed by atoms with van der Waals surface area (Å²) in [5.41, 5.74) is 8.62. The molecule has 1 fully saturated rings. The standard InChI is InChI=1S/C18H21NO/c19-18(11-14-9-10-14)16-7-4-8-17(12-16)20-13-15-5-2-1-3-6-15/h1-8,12,14,18H,9-11,13,19H2. The SMILES string of the molecule is NC(CC1CC1)c1cccc(OCc2ccccc2)c1. The van der Waals surface area contributed by atoms with Gasteiger partial charge >= 0.3 is 0 Å². The molecule has 2 aromatic carbocycles. The van der Waals surface area contributed by atoms with Crippen LogP contribution in [0.1, 0.15) is 36.4 Å². The minimum Gasteiger partial charge on any atom is -0.489 e. The highest BCUT2D eigenvalue weighted by atomic mass is 16.5. The van der Waals surface area contributed by atoms with Crippen molar-refractivity contribution in [1.82, 2.24) is 0 Å². The van der Waals surface area contributed by atoms with Crippen molar-refractivity contribution in [3.8, 4) is 5.75 Å². The van der Waals surface area contributed by atoms with E-state index in [0.29, 0.717) is 6.61 Å². The summed E-state index contributed by atoms with van der Waals surface area (Å²) in [5.74, 6) is 1.75. The molecule has 2 N–H and O–H groups in total. The third-order valence-electron chi connectivity index (χ3n) is 3.82. The van der Waals surface area contributed by atoms with Crippen LogP contribution < -0.4 is 10.5 Å². The second kappa shape index (κ2) is 6.10. The van der Waals surface area contributed by atoms with Crippen LogP contribution in [0, 0.1) is 5.92 Å². The Morgan fingerprint density at radius 1 is 1.05 bits per heavy atom. The van der Waals surface area contributed by atoms with Gasteiger partial charge in [0.25, 0.3) is 0 Å². The lowest BCUT2D eigenvalue weighted by molar-refractivity contribution is 0.305. The molecule has 20 heavy (non-hydrogen) atoms. The number of nitrogens with two attached hydrogens (primary N) is 1. The zero-order valence-corrected chi connectivity index (χ0v) is 11.7. The van der Waals surface area contributed by atoms with E-state index in [4.69, 9.17) is 10.5 Å². The molecule has 0 heterocycles. The van der Waals surface area contributed by atoms with Crippen LogP contribution in [0.4, 0.5) is 0 Å². The molecule has 1 unspecified atom stereocenters. The summed E-state index contributed by atoms with van der Waals surface area (Å²) in [5, 5.41) is 0. The Morgan fingerprint density at radius 2 is 1.85 bits per heavy atom. The molecule has 0 saturated heterocycles. The van der Waals surface area contributed by atoms with Crippen molar-refractivity contribution < 1.29 is 4.74 Å². The van der Waals surface area contributed by atoms with E-state index in [2.05, 4.69) is 24.3 Å². The van der Waals surface area contributed by atoms with Gasteiger partial charge in [-0.15, -0.1) is 0 Å². The van der Waals surface area contributed by atoms with Crippen molar-refractivity contribution in [3.63, 3.8) is 0 Å². The van der Waals surface area contributed by atoms with Gasteiger partial charge in [0.15, 0.2) is 0 Å². The summed E-state index contributed by atoms with van der Waals surface area (Å²) in [7, 11) is 0. The monoisotopic (exact) mass is 267 g/mol. The molecule has 0 radical (unpaired) electrons. The largest absolute Gasteiger partial charge is 0.489 e. The molecule has 1 aliphatic rings. The van der Waals surface area contributed by atoms with Gasteiger partial charge in [0.2, 0.25) is 0 Å². The molecule has 104 valence electrons. The number of hydrogen-bond acceptors (Lipinski definition) is 2. The van der Waals surface area contributed by atoms with Gasteiger partial charge < -0.3 is 10.5 Å². The summed E-state index contributed by atoms with van der Waals surface area (Å²) in [6, 6.07) is 18.6. The minimum atomic E-state index is 0.141. The zero-order valence-electron chi connectivity index (χ0n) is 11.7. The molecular formula is C18H21NO. The quantitative estimate of drug-likeness (QED) is 0.856. The maximum absolute atomic E-state index is 6.26. The molecule has 0 bridgehead atoms. The fourth-order valence-electron chi connectivity index (χ4n) is 2.42. The summed E-state index contributed by atoms with van der Waals surface area (Å²) >= 11 is 0. The van der Waals surface area contributed by atoms with E-state index >= 15 is 0 Å². The first-order valence-electron chi connectivity index (χ1n) is 7.33. The van der Waals surface area contributed by atoms with Gasteiger partial charge in [0.1, 0.15) is 12.4 Å². The van der Waals surface area contributed by atoms with Crippen LogP contribution in [0.25, 0.3) is 0 Å². The summed E-state index contributed by atoms with van der Waals surface area (Å²) in [6.45, 7) is 0.599. The predicted molar refractivity (Wildman–Crippen MR) is 81.5 cm³/mol. The van der Waals surface area contributed by atoms with Crippen molar-refractivity contribution in [2.24, 2.45) is 11.7 Å². The third kappa shape index (κ3) is 3.61. The van der Waals surface area contributed by atoms with Crippen molar-refractivity contribution in [1.29, 1.82) is 0 Å². The minimum absolute atomic E-state index is 0.141. The molecular weight excluding hydrogens is 246 g/mol. The van der Waals surface area contributed by atoms with Gasteiger partial charge in [-0.2, -0.15) is 0 Å². The third-order valence-corrected chi connectivity index (χ3v) is 3.82. The average Bonchev–Trinajstić information content (AvgIpc) is 3.30. The number of hydrogen-bond donors (Lipinski definition) is 1. The Hall–Kier alpha value is -1.80. The van der Waals surface area contributed by atoms with Gasteiger partial charge in [-0.1, -0.05) is 55.3 Å². The van der Waals surface area contributed by atoms with Crippen molar-refractivity contribution in [2.75, 3.05) is 0 Å². The van der Waals surface area contributed by atoms with E-state index < -0.39 is 0 Å². The smallest absolute Gasteiger partial charge is 0.120 e. The molecule has 2 heteroatoms. The first kappa shape index (κ1) is 13.2. The maximum Gasteiger partial charge on any atom is 0.120 e. The topological polar surface area (TPSA) is 35.2 Å². The molecule has 3 rings (SSSR count). The molecule has 2 aromatic rings. The van der Waals surface area contributed by atoms with Crippen LogP contribution in [0.3, 0.4) is 0 Å². The van der Waals surface area contributed by atoms with Gasteiger partial charge in [-0.05, 0) is 35.6 Å². The van der Waals surface area contributed by atoms with Crippen molar-refractivity contribution in [2.45, 2.75) is 31.9 Å². The van der Waals surface area contributed by atoms with Gasteiger partial charge in [-0.25, -0.2) is 0 Å². The second-order valence-electron chi connectivity index (χ2n) is 5.63. The predicted octanol–water partition coefficient (Wildman–Crippen LogP) is 4.07. The number of ether oxygens (including phenoxy) is 1. The highest BCUT2D eigenvalue weighted by molar-refractivity contribution is 5.31. The van der Waals surface area contributed by atoms with Crippen LogP contribution in [-0.4, -0.2) is 0 Å². The lowest BCUT2D eigenvalue weighted by Gasteiger charge is -2.13. The zero-order chi connectivity index (χ0) is 13.8. The van der Waals surface area contributed by atoms with E-state index in [0.717, 1.165) is 18.1 Å². The fraction of sp³-hybridized carbons (Fsp3) is 0.333. The van der Waals surface area contributed by atoms with Crippen LogP contribution in [0.2, 0.25) is 0 Å². The van der Waals surface area contributed by atoms with E-state index in [1.165, 1.54) is 24.0 Å². The first-order chi connectivity index (χ1) is 9.81. The van der Waals surface area contributed by atoms with Crippen LogP contribution >= 0.6 is 0 Å². The van der Waals surface area contributed by atoms with E-state index in [-0.39, 0.29) is 6.04 Å². The maximum atomic E-state index is 6.26. The van der Waals surface area contributed by atoms with Crippen LogP contribution in [0.5, 0.6) is 5.75 Å². The van der Waals surface area contributed by atoms with Crippen LogP contribution in [0.15, 0.2) is 54.6 Å². The van der Waals surface area contributed by atoms with E-state index in [9.17, 15) is 0 Å². The van der Waals surface area contributed by atoms with Crippen molar-refractivity contribution >= 4 is 0 Å². The second-order valence-corrected chi connectivity index (χ2v) is 5.63. The van der Waals surface area contributed by atoms with Crippen molar-refractivity contribution in [3.05, 3.63) is 65.7 Å². The molecule has 0 aromatic heterocycles. The molecule has 0 spiro atoms.